The van der Waals surface area contributed by atoms with Gasteiger partial charge in [0.15, 0.2) is 0 Å². The Bertz CT molecular complexity index is 1380. The second-order valence-corrected chi connectivity index (χ2v) is 10.4. The summed E-state index contributed by atoms with van der Waals surface area (Å²) in [5.41, 5.74) is 4.93. The van der Waals surface area contributed by atoms with E-state index in [2.05, 4.69) is 41.2 Å². The van der Waals surface area contributed by atoms with Crippen LogP contribution in [0.2, 0.25) is 0 Å². The second-order valence-electron chi connectivity index (χ2n) is 10.4. The molecule has 1 saturated heterocycles. The third-order valence-electron chi connectivity index (χ3n) is 7.67. The summed E-state index contributed by atoms with van der Waals surface area (Å²) in [4.78, 5) is 25.0. The van der Waals surface area contributed by atoms with Crippen LogP contribution >= 0.6 is 0 Å². The van der Waals surface area contributed by atoms with Crippen molar-refractivity contribution in [2.24, 2.45) is 4.99 Å². The number of carbonyl (C=O) groups is 1. The highest BCUT2D eigenvalue weighted by atomic mass is 19.1. The molecule has 1 amide bonds. The first kappa shape index (κ1) is 26.8. The minimum absolute atomic E-state index is 0.0635. The summed E-state index contributed by atoms with van der Waals surface area (Å²) in [5.74, 6) is 1.31. The average molecular weight is 530 g/mol. The summed E-state index contributed by atoms with van der Waals surface area (Å²) in [6, 6.07) is 12.6. The van der Waals surface area contributed by atoms with E-state index in [4.69, 9.17) is 9.72 Å². The predicted octanol–water partition coefficient (Wildman–Crippen LogP) is 5.14. The van der Waals surface area contributed by atoms with Gasteiger partial charge in [-0.3, -0.25) is 4.79 Å². The van der Waals surface area contributed by atoms with Crippen LogP contribution in [0.15, 0.2) is 65.9 Å². The number of ether oxygens (including phenoxy) is 1. The van der Waals surface area contributed by atoms with Crippen molar-refractivity contribution < 1.29 is 13.9 Å². The highest BCUT2D eigenvalue weighted by molar-refractivity contribution is 5.84. The van der Waals surface area contributed by atoms with Gasteiger partial charge in [-0.15, -0.1) is 0 Å². The minimum Gasteiger partial charge on any atom is -0.377 e. The van der Waals surface area contributed by atoms with E-state index in [1.165, 1.54) is 23.3 Å². The topological polar surface area (TPSA) is 71.8 Å². The minimum atomic E-state index is -0.303. The number of aryl methyl sites for hydroxylation is 2. The molecule has 0 bridgehead atoms. The lowest BCUT2D eigenvalue weighted by Gasteiger charge is -2.27. The number of imidazole rings is 1. The highest BCUT2D eigenvalue weighted by Gasteiger charge is 2.24. The summed E-state index contributed by atoms with van der Waals surface area (Å²) in [7, 11) is 1.72. The number of aliphatic imine (C=N–C) groups is 1. The number of amidine groups is 1. The Kier molecular flexibility index (Phi) is 8.21. The molecule has 0 radical (unpaired) electrons. The van der Waals surface area contributed by atoms with Crippen molar-refractivity contribution in [3.05, 3.63) is 83.7 Å². The van der Waals surface area contributed by atoms with E-state index in [1.54, 1.807) is 19.2 Å². The molecule has 3 aromatic rings. The zero-order valence-corrected chi connectivity index (χ0v) is 22.9. The van der Waals surface area contributed by atoms with Gasteiger partial charge in [0.1, 0.15) is 17.5 Å². The van der Waals surface area contributed by atoms with Crippen molar-refractivity contribution in [1.29, 1.82) is 0 Å². The molecule has 2 aliphatic rings. The molecule has 1 aromatic heterocycles. The van der Waals surface area contributed by atoms with Crippen molar-refractivity contribution >= 4 is 11.7 Å². The molecule has 0 spiro atoms. The summed E-state index contributed by atoms with van der Waals surface area (Å²) in [5, 5.41) is 3.25. The van der Waals surface area contributed by atoms with Gasteiger partial charge < -0.3 is 19.5 Å². The monoisotopic (exact) mass is 529 g/mol. The van der Waals surface area contributed by atoms with Gasteiger partial charge in [0, 0.05) is 56.3 Å². The van der Waals surface area contributed by atoms with Crippen LogP contribution in [0, 0.1) is 19.7 Å². The van der Waals surface area contributed by atoms with E-state index in [9.17, 15) is 9.18 Å². The van der Waals surface area contributed by atoms with Crippen LogP contribution in [-0.4, -0.2) is 58.5 Å². The number of likely N-dealkylation sites (tertiary alicyclic amines) is 1. The Hall–Kier alpha value is -3.78. The molecule has 2 aromatic carbocycles. The molecule has 2 aliphatic heterocycles. The lowest BCUT2D eigenvalue weighted by molar-refractivity contribution is -0.121. The zero-order chi connectivity index (χ0) is 27.4. The van der Waals surface area contributed by atoms with Gasteiger partial charge in [-0.05, 0) is 80.6 Å². The van der Waals surface area contributed by atoms with E-state index in [0.717, 1.165) is 61.6 Å². The average Bonchev–Trinajstić information content (AvgIpc) is 3.21. The first-order valence-electron chi connectivity index (χ1n) is 13.6. The number of amides is 1. The number of methoxy groups -OCH3 is 1. The molecule has 7 nitrogen and oxygen atoms in total. The van der Waals surface area contributed by atoms with Crippen LogP contribution in [0.5, 0.6) is 0 Å². The molecular formula is C31H36FN5O2. The number of halogens is 1. The van der Waals surface area contributed by atoms with Crippen molar-refractivity contribution in [1.82, 2.24) is 19.8 Å². The molecule has 0 saturated carbocycles. The molecule has 2 atom stereocenters. The Balaban J connectivity index is 1.29. The number of hydrogen-bond donors (Lipinski definition) is 1. The fourth-order valence-electron chi connectivity index (χ4n) is 5.23. The summed E-state index contributed by atoms with van der Waals surface area (Å²) in [6.07, 6.45) is 9.45. The van der Waals surface area contributed by atoms with Gasteiger partial charge >= 0.3 is 0 Å². The van der Waals surface area contributed by atoms with E-state index < -0.39 is 0 Å². The molecule has 1 N–H and O–H groups in total. The van der Waals surface area contributed by atoms with Crippen molar-refractivity contribution in [3.8, 4) is 16.9 Å². The molecule has 8 heteroatoms. The van der Waals surface area contributed by atoms with Crippen LogP contribution < -0.4 is 5.32 Å². The number of aromatic nitrogens is 2. The smallest absolute Gasteiger partial charge is 0.227 e. The number of rotatable bonds is 6. The maximum absolute atomic E-state index is 13.6. The largest absolute Gasteiger partial charge is 0.377 e. The number of nitrogens with zero attached hydrogens (tertiary/aromatic N) is 4. The molecule has 5 rings (SSSR count). The maximum atomic E-state index is 13.6. The Morgan fingerprint density at radius 2 is 1.92 bits per heavy atom. The normalized spacial score (nSPS) is 19.5. The number of nitrogens with one attached hydrogen (secondary N) is 1. The lowest BCUT2D eigenvalue weighted by Crippen LogP contribution is -2.38. The van der Waals surface area contributed by atoms with E-state index in [0.29, 0.717) is 5.82 Å². The Morgan fingerprint density at radius 1 is 1.10 bits per heavy atom. The van der Waals surface area contributed by atoms with Crippen LogP contribution in [0.1, 0.15) is 42.6 Å². The zero-order valence-electron chi connectivity index (χ0n) is 22.9. The second kappa shape index (κ2) is 11.9. The maximum Gasteiger partial charge on any atom is 0.227 e. The third-order valence-corrected chi connectivity index (χ3v) is 7.67. The van der Waals surface area contributed by atoms with Crippen LogP contribution in [0.3, 0.4) is 0 Å². The molecule has 2 unspecified atom stereocenters. The van der Waals surface area contributed by atoms with Gasteiger partial charge in [0.05, 0.1) is 18.2 Å². The predicted molar refractivity (Wildman–Crippen MR) is 151 cm³/mol. The molecule has 3 heterocycles. The standard InChI is InChI=1S/C31H36FN5O2/c1-21-6-7-23(17-22(21)2)28-20-37(26-10-8-24(32)9-11-26)30(35-28)19-31(38)34-25-5-4-15-36(16-13-25)29-18-27(39-3)12-14-33-29/h6-12,14,17,20,25,27H,4-5,13,15-16,18-19H2,1-3H3,(H,34,38). The van der Waals surface area contributed by atoms with E-state index >= 15 is 0 Å². The van der Waals surface area contributed by atoms with Gasteiger partial charge in [-0.2, -0.15) is 0 Å². The lowest BCUT2D eigenvalue weighted by atomic mass is 10.0. The van der Waals surface area contributed by atoms with Crippen molar-refractivity contribution in [2.75, 3.05) is 20.2 Å². The van der Waals surface area contributed by atoms with E-state index in [1.807, 2.05) is 29.1 Å². The van der Waals surface area contributed by atoms with Crippen molar-refractivity contribution in [2.45, 2.75) is 58.1 Å². The highest BCUT2D eigenvalue weighted by Crippen LogP contribution is 2.25. The van der Waals surface area contributed by atoms with Crippen LogP contribution in [0.25, 0.3) is 16.9 Å². The number of benzene rings is 2. The fraction of sp³-hybridized carbons (Fsp3) is 0.387. The van der Waals surface area contributed by atoms with Crippen molar-refractivity contribution in [3.63, 3.8) is 0 Å². The summed E-state index contributed by atoms with van der Waals surface area (Å²) < 4.78 is 21.0. The molecule has 0 aliphatic carbocycles. The molecule has 39 heavy (non-hydrogen) atoms. The van der Waals surface area contributed by atoms with Crippen LogP contribution in [0.4, 0.5) is 4.39 Å². The van der Waals surface area contributed by atoms with Gasteiger partial charge in [-0.25, -0.2) is 14.4 Å². The summed E-state index contributed by atoms with van der Waals surface area (Å²) in [6.45, 7) is 5.92. The molecule has 1 fully saturated rings. The van der Waals surface area contributed by atoms with Crippen LogP contribution in [-0.2, 0) is 16.0 Å². The Labute approximate surface area is 229 Å². The van der Waals surface area contributed by atoms with Gasteiger partial charge in [0.2, 0.25) is 5.91 Å². The summed E-state index contributed by atoms with van der Waals surface area (Å²) >= 11 is 0. The van der Waals surface area contributed by atoms with Gasteiger partial charge in [-0.1, -0.05) is 12.1 Å². The Morgan fingerprint density at radius 3 is 2.69 bits per heavy atom. The molecule has 204 valence electrons. The SMILES string of the molecule is COC1C=CN=C(N2CCCC(NC(=O)Cc3nc(-c4ccc(C)c(C)c4)cn3-c3ccc(F)cc3)CC2)C1. The fourth-order valence-corrected chi connectivity index (χ4v) is 5.23. The number of hydrogen-bond acceptors (Lipinski definition) is 5. The van der Waals surface area contributed by atoms with Gasteiger partial charge in [0.25, 0.3) is 0 Å². The number of carbonyl (C=O) groups excluding carboxylic acids is 1. The first-order chi connectivity index (χ1) is 18.9. The molecular weight excluding hydrogens is 493 g/mol. The first-order valence-corrected chi connectivity index (χ1v) is 13.6. The third kappa shape index (κ3) is 6.45. The quantitative estimate of drug-likeness (QED) is 0.480. The van der Waals surface area contributed by atoms with E-state index in [-0.39, 0.29) is 30.3 Å².